The molecule has 0 bridgehead atoms. The number of Topliss-reactive ketones (excluding diaryl/α,β-unsaturated/α-hetero) is 1. The first-order valence-electron chi connectivity index (χ1n) is 10.1. The van der Waals surface area contributed by atoms with Crippen LogP contribution in [0.3, 0.4) is 0 Å². The molecule has 6 heteroatoms. The Kier molecular flexibility index (Phi) is 6.19. The lowest BCUT2D eigenvalue weighted by Crippen LogP contribution is -2.30. The fraction of sp³-hybridized carbons (Fsp3) is 0.391. The molecule has 29 heavy (non-hydrogen) atoms. The average Bonchev–Trinajstić information content (AvgIpc) is 3.11. The van der Waals surface area contributed by atoms with E-state index in [1.165, 1.54) is 0 Å². The summed E-state index contributed by atoms with van der Waals surface area (Å²) in [6.45, 7) is 2.03. The molecule has 1 fully saturated rings. The number of ether oxygens (including phenoxy) is 2. The largest absolute Gasteiger partial charge is 0.490 e. The maximum absolute atomic E-state index is 12.9. The Hall–Kier alpha value is -2.34. The van der Waals surface area contributed by atoms with E-state index in [2.05, 4.69) is 15.9 Å². The van der Waals surface area contributed by atoms with Gasteiger partial charge < -0.3 is 14.4 Å². The molecule has 5 nitrogen and oxygen atoms in total. The number of amides is 1. The summed E-state index contributed by atoms with van der Waals surface area (Å²) in [7, 11) is 0. The molecule has 2 heterocycles. The van der Waals surface area contributed by atoms with Crippen LogP contribution < -0.4 is 9.47 Å². The summed E-state index contributed by atoms with van der Waals surface area (Å²) in [4.78, 5) is 27.2. The molecular formula is C23H24BrNO4. The summed E-state index contributed by atoms with van der Waals surface area (Å²) in [6, 6.07) is 13.3. The first-order chi connectivity index (χ1) is 14.1. The molecule has 0 unspecified atom stereocenters. The zero-order valence-corrected chi connectivity index (χ0v) is 17.8. The van der Waals surface area contributed by atoms with E-state index in [0.29, 0.717) is 18.8 Å². The molecule has 0 spiro atoms. The molecule has 0 N–H and O–H groups in total. The maximum atomic E-state index is 12.9. The molecule has 0 aliphatic carbocycles. The molecule has 0 radical (unpaired) electrons. The molecule has 4 rings (SSSR count). The monoisotopic (exact) mass is 457 g/mol. The molecule has 2 aliphatic heterocycles. The van der Waals surface area contributed by atoms with Crippen molar-refractivity contribution in [2.24, 2.45) is 0 Å². The first kappa shape index (κ1) is 20.0. The number of likely N-dealkylation sites (tertiary alicyclic amines) is 1. The van der Waals surface area contributed by atoms with Crippen LogP contribution in [0.1, 0.15) is 54.1 Å². The van der Waals surface area contributed by atoms with E-state index in [1.807, 2.05) is 35.2 Å². The molecule has 2 aromatic rings. The number of ketones is 1. The van der Waals surface area contributed by atoms with E-state index < -0.39 is 0 Å². The summed E-state index contributed by atoms with van der Waals surface area (Å²) in [5.74, 6) is 1.55. The number of rotatable bonds is 5. The van der Waals surface area contributed by atoms with Gasteiger partial charge in [0.15, 0.2) is 17.3 Å². The highest BCUT2D eigenvalue weighted by Gasteiger charge is 2.30. The highest BCUT2D eigenvalue weighted by molar-refractivity contribution is 9.10. The summed E-state index contributed by atoms with van der Waals surface area (Å²) in [5, 5.41) is 0. The Morgan fingerprint density at radius 3 is 2.52 bits per heavy atom. The highest BCUT2D eigenvalue weighted by atomic mass is 79.9. The summed E-state index contributed by atoms with van der Waals surface area (Å²) < 4.78 is 12.4. The third-order valence-corrected chi connectivity index (χ3v) is 5.99. The molecule has 0 saturated carbocycles. The lowest BCUT2D eigenvalue weighted by molar-refractivity contribution is -0.132. The fourth-order valence-corrected chi connectivity index (χ4v) is 4.21. The zero-order chi connectivity index (χ0) is 20.2. The average molecular weight is 458 g/mol. The molecule has 152 valence electrons. The molecule has 1 saturated heterocycles. The van der Waals surface area contributed by atoms with Gasteiger partial charge in [-0.1, -0.05) is 34.1 Å². The van der Waals surface area contributed by atoms with Crippen LogP contribution >= 0.6 is 15.9 Å². The minimum atomic E-state index is -0.00261. The lowest BCUT2D eigenvalue weighted by Gasteiger charge is -2.25. The number of carbonyl (C=O) groups is 2. The van der Waals surface area contributed by atoms with Crippen molar-refractivity contribution in [3.05, 3.63) is 58.1 Å². The maximum Gasteiger partial charge on any atom is 0.223 e. The van der Waals surface area contributed by atoms with Crippen LogP contribution in [0.15, 0.2) is 46.9 Å². The van der Waals surface area contributed by atoms with Crippen molar-refractivity contribution in [1.29, 1.82) is 0 Å². The lowest BCUT2D eigenvalue weighted by atomic mass is 10.0. The number of hydrogen-bond donors (Lipinski definition) is 0. The summed E-state index contributed by atoms with van der Waals surface area (Å²) in [6.07, 6.45) is 3.21. The summed E-state index contributed by atoms with van der Waals surface area (Å²) in [5.41, 5.74) is 1.71. The molecule has 0 aromatic heterocycles. The van der Waals surface area contributed by atoms with Gasteiger partial charge in [0.2, 0.25) is 5.91 Å². The normalized spacial score (nSPS) is 18.4. The van der Waals surface area contributed by atoms with Crippen LogP contribution in [0.2, 0.25) is 0 Å². The quantitative estimate of drug-likeness (QED) is 0.596. The number of hydrogen-bond acceptors (Lipinski definition) is 4. The minimum absolute atomic E-state index is 0.00261. The van der Waals surface area contributed by atoms with Crippen molar-refractivity contribution < 1.29 is 19.1 Å². The van der Waals surface area contributed by atoms with Crippen LogP contribution in [-0.2, 0) is 4.79 Å². The van der Waals surface area contributed by atoms with E-state index in [4.69, 9.17) is 9.47 Å². The second kappa shape index (κ2) is 8.99. The Bertz CT molecular complexity index is 896. The number of benzene rings is 2. The predicted octanol–water partition coefficient (Wildman–Crippen LogP) is 4.94. The van der Waals surface area contributed by atoms with Crippen molar-refractivity contribution in [2.45, 2.75) is 38.1 Å². The smallest absolute Gasteiger partial charge is 0.223 e. The van der Waals surface area contributed by atoms with Crippen LogP contribution in [0, 0.1) is 0 Å². The first-order valence-corrected chi connectivity index (χ1v) is 10.9. The van der Waals surface area contributed by atoms with Gasteiger partial charge in [0.05, 0.1) is 19.3 Å². The van der Waals surface area contributed by atoms with Crippen LogP contribution in [0.5, 0.6) is 11.5 Å². The zero-order valence-electron chi connectivity index (χ0n) is 16.2. The van der Waals surface area contributed by atoms with Crippen molar-refractivity contribution in [3.8, 4) is 11.5 Å². The van der Waals surface area contributed by atoms with Gasteiger partial charge in [0, 0.05) is 35.8 Å². The van der Waals surface area contributed by atoms with Crippen LogP contribution in [0.4, 0.5) is 0 Å². The number of carbonyl (C=O) groups excluding carboxylic acids is 2. The Morgan fingerprint density at radius 1 is 0.966 bits per heavy atom. The molecule has 2 aliphatic rings. The van der Waals surface area contributed by atoms with Crippen molar-refractivity contribution in [3.63, 3.8) is 0 Å². The fourth-order valence-electron chi connectivity index (χ4n) is 3.94. The van der Waals surface area contributed by atoms with Gasteiger partial charge in [0.25, 0.3) is 0 Å². The van der Waals surface area contributed by atoms with E-state index in [9.17, 15) is 9.59 Å². The molecule has 2 aromatic carbocycles. The third-order valence-electron chi connectivity index (χ3n) is 5.46. The van der Waals surface area contributed by atoms with Crippen molar-refractivity contribution in [1.82, 2.24) is 4.90 Å². The number of nitrogens with zero attached hydrogens (tertiary/aromatic N) is 1. The Labute approximate surface area is 179 Å². The van der Waals surface area contributed by atoms with E-state index in [-0.39, 0.29) is 30.6 Å². The Morgan fingerprint density at radius 2 is 1.72 bits per heavy atom. The van der Waals surface area contributed by atoms with Gasteiger partial charge in [-0.05, 0) is 42.7 Å². The van der Waals surface area contributed by atoms with Crippen molar-refractivity contribution >= 4 is 27.6 Å². The van der Waals surface area contributed by atoms with Crippen LogP contribution in [0.25, 0.3) is 0 Å². The van der Waals surface area contributed by atoms with E-state index in [0.717, 1.165) is 47.3 Å². The van der Waals surface area contributed by atoms with Gasteiger partial charge in [-0.25, -0.2) is 0 Å². The van der Waals surface area contributed by atoms with Gasteiger partial charge in [-0.15, -0.1) is 0 Å². The Balaban J connectivity index is 1.41. The van der Waals surface area contributed by atoms with Gasteiger partial charge in [-0.2, -0.15) is 0 Å². The second-order valence-electron chi connectivity index (χ2n) is 7.43. The van der Waals surface area contributed by atoms with E-state index in [1.54, 1.807) is 12.1 Å². The minimum Gasteiger partial charge on any atom is -0.490 e. The topological polar surface area (TPSA) is 55.8 Å². The standard InChI is InChI=1S/C23H24BrNO4/c24-18-7-4-16(5-8-18)20(26)9-11-23(27)25-12-1-3-19(25)17-6-10-21-22(15-17)29-14-2-13-28-21/h4-8,10,15,19H,1-3,9,11-14H2/t19-/m0/s1. The molecule has 1 amide bonds. The van der Waals surface area contributed by atoms with E-state index >= 15 is 0 Å². The second-order valence-corrected chi connectivity index (χ2v) is 8.35. The third kappa shape index (κ3) is 4.64. The SMILES string of the molecule is O=C(CCC(=O)N1CCC[C@H]1c1ccc2c(c1)OCCCO2)c1ccc(Br)cc1. The molecule has 1 atom stereocenters. The van der Waals surface area contributed by atoms with Gasteiger partial charge in [0.1, 0.15) is 0 Å². The number of fused-ring (bicyclic) bond motifs is 1. The van der Waals surface area contributed by atoms with Crippen LogP contribution in [-0.4, -0.2) is 36.3 Å². The van der Waals surface area contributed by atoms with Crippen molar-refractivity contribution in [2.75, 3.05) is 19.8 Å². The summed E-state index contributed by atoms with van der Waals surface area (Å²) >= 11 is 3.37. The molecular weight excluding hydrogens is 434 g/mol. The highest BCUT2D eigenvalue weighted by Crippen LogP contribution is 2.38. The predicted molar refractivity (Wildman–Crippen MR) is 113 cm³/mol. The van der Waals surface area contributed by atoms with Gasteiger partial charge in [-0.3, -0.25) is 9.59 Å². The van der Waals surface area contributed by atoms with Gasteiger partial charge >= 0.3 is 0 Å². The number of halogens is 1.